The van der Waals surface area contributed by atoms with E-state index in [0.717, 1.165) is 18.6 Å². The van der Waals surface area contributed by atoms with Crippen LogP contribution in [-0.4, -0.2) is 43.2 Å². The van der Waals surface area contributed by atoms with E-state index < -0.39 is 11.6 Å². The first kappa shape index (κ1) is 20.8. The third-order valence-corrected chi connectivity index (χ3v) is 5.95. The predicted molar refractivity (Wildman–Crippen MR) is 110 cm³/mol. The first-order chi connectivity index (χ1) is 14.5. The van der Waals surface area contributed by atoms with E-state index in [9.17, 15) is 13.6 Å². The molecular formula is C24H27F2NO3. The molecule has 1 aliphatic heterocycles. The number of hydrogen-bond acceptors (Lipinski definition) is 3. The molecule has 2 aliphatic rings. The topological polar surface area (TPSA) is 38.8 Å². The van der Waals surface area contributed by atoms with Crippen molar-refractivity contribution in [2.24, 2.45) is 0 Å². The lowest BCUT2D eigenvalue weighted by molar-refractivity contribution is -0.139. The molecule has 1 atom stereocenters. The second-order valence-corrected chi connectivity index (χ2v) is 8.11. The predicted octanol–water partition coefficient (Wildman–Crippen LogP) is 4.00. The van der Waals surface area contributed by atoms with Crippen molar-refractivity contribution in [2.75, 3.05) is 26.3 Å². The van der Waals surface area contributed by atoms with Crippen LogP contribution in [0, 0.1) is 18.6 Å². The average molecular weight is 415 g/mol. The monoisotopic (exact) mass is 415 g/mol. The number of benzene rings is 2. The first-order valence-electron chi connectivity index (χ1n) is 10.6. The summed E-state index contributed by atoms with van der Waals surface area (Å²) < 4.78 is 39.9. The van der Waals surface area contributed by atoms with Gasteiger partial charge in [-0.05, 0) is 67.5 Å². The molecule has 0 aromatic heterocycles. The molecule has 4 nitrogen and oxygen atoms in total. The third kappa shape index (κ3) is 4.64. The number of carbonyl (C=O) groups excluding carboxylic acids is 1. The van der Waals surface area contributed by atoms with Gasteiger partial charge in [-0.2, -0.15) is 0 Å². The van der Waals surface area contributed by atoms with Crippen molar-refractivity contribution in [1.82, 2.24) is 4.90 Å². The summed E-state index contributed by atoms with van der Waals surface area (Å²) in [7, 11) is 0. The molecular weight excluding hydrogens is 388 g/mol. The fourth-order valence-electron chi connectivity index (χ4n) is 4.18. The van der Waals surface area contributed by atoms with Crippen LogP contribution in [0.2, 0.25) is 0 Å². The highest BCUT2D eigenvalue weighted by Crippen LogP contribution is 2.26. The van der Waals surface area contributed by atoms with Gasteiger partial charge < -0.3 is 14.4 Å². The summed E-state index contributed by atoms with van der Waals surface area (Å²) in [6.45, 7) is 3.02. The summed E-state index contributed by atoms with van der Waals surface area (Å²) in [6, 6.07) is 8.80. The van der Waals surface area contributed by atoms with Gasteiger partial charge in [0.15, 0.2) is 0 Å². The number of aryl methyl sites for hydroxylation is 3. The minimum atomic E-state index is -0.688. The lowest BCUT2D eigenvalue weighted by atomic mass is 9.92. The molecule has 0 spiro atoms. The Bertz CT molecular complexity index is 931. The molecule has 1 fully saturated rings. The summed E-state index contributed by atoms with van der Waals surface area (Å²) in [4.78, 5) is 14.3. The van der Waals surface area contributed by atoms with Gasteiger partial charge in [0.2, 0.25) is 5.91 Å². The van der Waals surface area contributed by atoms with Gasteiger partial charge in [-0.1, -0.05) is 12.1 Å². The maximum absolute atomic E-state index is 14.2. The lowest BCUT2D eigenvalue weighted by Gasteiger charge is -2.33. The van der Waals surface area contributed by atoms with Gasteiger partial charge in [-0.3, -0.25) is 4.79 Å². The number of morpholine rings is 1. The molecule has 160 valence electrons. The highest BCUT2D eigenvalue weighted by atomic mass is 19.1. The second-order valence-electron chi connectivity index (χ2n) is 8.11. The number of hydrogen-bond donors (Lipinski definition) is 0. The van der Waals surface area contributed by atoms with Crippen molar-refractivity contribution < 1.29 is 23.0 Å². The Morgan fingerprint density at radius 2 is 1.97 bits per heavy atom. The van der Waals surface area contributed by atoms with E-state index in [4.69, 9.17) is 9.47 Å². The number of halogens is 2. The van der Waals surface area contributed by atoms with Crippen LogP contribution in [0.25, 0.3) is 0 Å². The molecule has 0 bridgehead atoms. The summed E-state index contributed by atoms with van der Waals surface area (Å²) in [5.41, 5.74) is 2.91. The summed E-state index contributed by atoms with van der Waals surface area (Å²) >= 11 is 0. The maximum atomic E-state index is 14.2. The Balaban J connectivity index is 1.34. The van der Waals surface area contributed by atoms with Crippen LogP contribution in [0.1, 0.15) is 35.1 Å². The maximum Gasteiger partial charge on any atom is 0.227 e. The zero-order chi connectivity index (χ0) is 21.1. The Morgan fingerprint density at radius 1 is 1.17 bits per heavy atom. The fraction of sp³-hybridized carbons (Fsp3) is 0.458. The average Bonchev–Trinajstić information content (AvgIpc) is 2.78. The zero-order valence-corrected chi connectivity index (χ0v) is 17.3. The molecule has 0 saturated carbocycles. The second kappa shape index (κ2) is 9.13. The van der Waals surface area contributed by atoms with Crippen LogP contribution in [0.15, 0.2) is 30.3 Å². The van der Waals surface area contributed by atoms with Gasteiger partial charge in [0.1, 0.15) is 30.1 Å². The van der Waals surface area contributed by atoms with Crippen LogP contribution in [0.5, 0.6) is 5.75 Å². The minimum absolute atomic E-state index is 0.173. The van der Waals surface area contributed by atoms with Crippen molar-refractivity contribution in [3.8, 4) is 5.75 Å². The first-order valence-corrected chi connectivity index (χ1v) is 10.6. The van der Waals surface area contributed by atoms with Crippen LogP contribution in [-0.2, 0) is 28.8 Å². The van der Waals surface area contributed by atoms with Gasteiger partial charge in [-0.25, -0.2) is 8.78 Å². The number of ether oxygens (including phenoxy) is 2. The SMILES string of the molecule is Cc1ccc(F)c(CC(=O)N2CCO[C@H](COc3ccc4c(c3)CCCC4)C2)c1F. The molecule has 6 heteroatoms. The van der Waals surface area contributed by atoms with E-state index in [2.05, 4.69) is 12.1 Å². The van der Waals surface area contributed by atoms with Gasteiger partial charge in [0, 0.05) is 12.1 Å². The number of amides is 1. The van der Waals surface area contributed by atoms with Crippen LogP contribution in [0.4, 0.5) is 8.78 Å². The molecule has 2 aromatic rings. The van der Waals surface area contributed by atoms with Gasteiger partial charge in [0.25, 0.3) is 0 Å². The van der Waals surface area contributed by atoms with Crippen molar-refractivity contribution >= 4 is 5.91 Å². The normalized spacial score (nSPS) is 18.8. The molecule has 1 amide bonds. The van der Waals surface area contributed by atoms with E-state index in [-0.39, 0.29) is 24.0 Å². The highest BCUT2D eigenvalue weighted by molar-refractivity contribution is 5.79. The Labute approximate surface area is 175 Å². The molecule has 30 heavy (non-hydrogen) atoms. The smallest absolute Gasteiger partial charge is 0.227 e. The van der Waals surface area contributed by atoms with Crippen molar-refractivity contribution in [3.05, 3.63) is 64.2 Å². The zero-order valence-electron chi connectivity index (χ0n) is 17.3. The van der Waals surface area contributed by atoms with Crippen molar-refractivity contribution in [3.63, 3.8) is 0 Å². The largest absolute Gasteiger partial charge is 0.491 e. The number of nitrogens with zero attached hydrogens (tertiary/aromatic N) is 1. The van der Waals surface area contributed by atoms with E-state index >= 15 is 0 Å². The van der Waals surface area contributed by atoms with Crippen LogP contribution < -0.4 is 4.74 Å². The molecule has 0 unspecified atom stereocenters. The molecule has 2 aromatic carbocycles. The third-order valence-electron chi connectivity index (χ3n) is 5.95. The molecule has 4 rings (SSSR count). The van der Waals surface area contributed by atoms with Crippen LogP contribution in [0.3, 0.4) is 0 Å². The van der Waals surface area contributed by atoms with Crippen molar-refractivity contribution in [2.45, 2.75) is 45.1 Å². The van der Waals surface area contributed by atoms with Gasteiger partial charge >= 0.3 is 0 Å². The number of fused-ring (bicyclic) bond motifs is 1. The standard InChI is InChI=1S/C24H27F2NO3/c1-16-6-9-22(25)21(24(16)26)13-23(28)27-10-11-29-20(14-27)15-30-19-8-7-17-4-2-3-5-18(17)12-19/h6-9,12,20H,2-5,10-11,13-15H2,1H3/t20-/m0/s1. The Kier molecular flexibility index (Phi) is 6.32. The van der Waals surface area contributed by atoms with E-state index in [1.165, 1.54) is 36.1 Å². The Morgan fingerprint density at radius 3 is 2.80 bits per heavy atom. The van der Waals surface area contributed by atoms with Crippen LogP contribution >= 0.6 is 0 Å². The summed E-state index contributed by atoms with van der Waals surface area (Å²) in [5, 5.41) is 0. The van der Waals surface area contributed by atoms with E-state index in [0.29, 0.717) is 31.9 Å². The van der Waals surface area contributed by atoms with Gasteiger partial charge in [0.05, 0.1) is 19.6 Å². The van der Waals surface area contributed by atoms with Crippen molar-refractivity contribution in [1.29, 1.82) is 0 Å². The fourth-order valence-corrected chi connectivity index (χ4v) is 4.18. The lowest BCUT2D eigenvalue weighted by Crippen LogP contribution is -2.48. The molecule has 0 N–H and O–H groups in total. The number of carbonyl (C=O) groups is 1. The molecule has 1 heterocycles. The Hall–Kier alpha value is -2.47. The van der Waals surface area contributed by atoms with E-state index in [1.807, 2.05) is 6.07 Å². The quantitative estimate of drug-likeness (QED) is 0.741. The molecule has 1 aliphatic carbocycles. The highest BCUT2D eigenvalue weighted by Gasteiger charge is 2.26. The summed E-state index contributed by atoms with van der Waals surface area (Å²) in [6.07, 6.45) is 4.09. The number of rotatable bonds is 5. The van der Waals surface area contributed by atoms with E-state index in [1.54, 1.807) is 11.8 Å². The van der Waals surface area contributed by atoms with Gasteiger partial charge in [-0.15, -0.1) is 0 Å². The molecule has 1 saturated heterocycles. The molecule has 0 radical (unpaired) electrons. The summed E-state index contributed by atoms with van der Waals surface area (Å²) in [5.74, 6) is -0.831. The minimum Gasteiger partial charge on any atom is -0.491 e.